The van der Waals surface area contributed by atoms with Crippen molar-refractivity contribution in [1.29, 1.82) is 0 Å². The summed E-state index contributed by atoms with van der Waals surface area (Å²) in [7, 11) is 0. The lowest BCUT2D eigenvalue weighted by molar-refractivity contribution is -0.465. The van der Waals surface area contributed by atoms with E-state index in [-0.39, 0.29) is 6.92 Å². The quantitative estimate of drug-likeness (QED) is 0.233. The van der Waals surface area contributed by atoms with E-state index in [1.54, 1.807) is 0 Å². The van der Waals surface area contributed by atoms with E-state index in [0.717, 1.165) is 0 Å². The second kappa shape index (κ2) is 9.49. The van der Waals surface area contributed by atoms with Crippen LogP contribution in [0.2, 0.25) is 0 Å². The number of carboxylic acid groups (broad SMARTS) is 2. The number of halogens is 17. The highest BCUT2D eigenvalue weighted by atomic mass is 19.4. The number of alkyl halides is 17. The minimum Gasteiger partial charge on any atom is -0.481 e. The summed E-state index contributed by atoms with van der Waals surface area (Å²) in [5.74, 6) is -63.8. The van der Waals surface area contributed by atoms with Gasteiger partial charge in [0.2, 0.25) is 0 Å². The first-order valence-corrected chi connectivity index (χ1v) is 9.09. The summed E-state index contributed by atoms with van der Waals surface area (Å²) in [6.45, 7) is 0.210. The third-order valence-corrected chi connectivity index (χ3v) is 5.33. The van der Waals surface area contributed by atoms with Gasteiger partial charge in [0, 0.05) is 6.42 Å². The second-order valence-electron chi connectivity index (χ2n) is 7.51. The van der Waals surface area contributed by atoms with Gasteiger partial charge in [0.05, 0.1) is 0 Å². The van der Waals surface area contributed by atoms with Gasteiger partial charge in [-0.15, -0.1) is 0 Å². The standard InChI is InChI=1S/C16H13F17O4/c1-2-8(7(36)37,5-3-4-6(34)35)9(17,18)10(19,20)11(21,22)12(23,24)13(25,26)14(27,28)15(29,30)16(31,32)33/h2-5H2,1H3,(H,34,35)(H,36,37). The zero-order chi connectivity index (χ0) is 30.5. The molecule has 0 aliphatic heterocycles. The fraction of sp³-hybridized carbons (Fsp3) is 0.875. The Hall–Kier alpha value is -2.25. The molecule has 21 heteroatoms. The number of carbonyl (C=O) groups is 2. The van der Waals surface area contributed by atoms with Gasteiger partial charge in [0.1, 0.15) is 5.41 Å². The molecule has 0 saturated carbocycles. The van der Waals surface area contributed by atoms with Gasteiger partial charge in [-0.1, -0.05) is 6.92 Å². The molecular weight excluding hydrogens is 579 g/mol. The number of hydrogen-bond donors (Lipinski definition) is 2. The Balaban J connectivity index is 7.11. The minimum atomic E-state index is -8.83. The Labute approximate surface area is 193 Å². The molecule has 220 valence electrons. The first kappa shape index (κ1) is 34.8. The molecule has 0 amide bonds. The topological polar surface area (TPSA) is 74.6 Å². The van der Waals surface area contributed by atoms with Crippen LogP contribution in [0.5, 0.6) is 0 Å². The second-order valence-corrected chi connectivity index (χ2v) is 7.51. The van der Waals surface area contributed by atoms with E-state index in [1.165, 1.54) is 0 Å². The van der Waals surface area contributed by atoms with Gasteiger partial charge in [-0.2, -0.15) is 74.6 Å². The van der Waals surface area contributed by atoms with Crippen LogP contribution >= 0.6 is 0 Å². The molecule has 0 aliphatic rings. The van der Waals surface area contributed by atoms with Gasteiger partial charge in [0.15, 0.2) is 0 Å². The number of aliphatic carboxylic acids is 2. The van der Waals surface area contributed by atoms with Crippen molar-refractivity contribution in [3.05, 3.63) is 0 Å². The third kappa shape index (κ3) is 4.63. The summed E-state index contributed by atoms with van der Waals surface area (Å²) >= 11 is 0. The van der Waals surface area contributed by atoms with E-state index < -0.39 is 90.7 Å². The molecule has 0 radical (unpaired) electrons. The average molecular weight is 592 g/mol. The first-order chi connectivity index (χ1) is 15.9. The Bertz CT molecular complexity index is 864. The van der Waals surface area contributed by atoms with Crippen LogP contribution in [0.25, 0.3) is 0 Å². The van der Waals surface area contributed by atoms with Crippen LogP contribution in [0.4, 0.5) is 74.6 Å². The van der Waals surface area contributed by atoms with Gasteiger partial charge < -0.3 is 10.2 Å². The summed E-state index contributed by atoms with van der Waals surface area (Å²) in [6.07, 6.45) is -14.6. The summed E-state index contributed by atoms with van der Waals surface area (Å²) < 4.78 is 228. The van der Waals surface area contributed by atoms with E-state index in [2.05, 4.69) is 0 Å². The van der Waals surface area contributed by atoms with Crippen LogP contribution in [-0.4, -0.2) is 69.8 Å². The van der Waals surface area contributed by atoms with Gasteiger partial charge >= 0.3 is 59.6 Å². The average Bonchev–Trinajstić information content (AvgIpc) is 2.68. The summed E-state index contributed by atoms with van der Waals surface area (Å²) in [5, 5.41) is 17.4. The van der Waals surface area contributed by atoms with E-state index >= 15 is 0 Å². The molecule has 0 aromatic carbocycles. The van der Waals surface area contributed by atoms with Crippen molar-refractivity contribution in [1.82, 2.24) is 0 Å². The lowest BCUT2D eigenvalue weighted by Gasteiger charge is -2.46. The molecule has 0 spiro atoms. The van der Waals surface area contributed by atoms with E-state index in [9.17, 15) is 84.2 Å². The first-order valence-electron chi connectivity index (χ1n) is 9.09. The van der Waals surface area contributed by atoms with Crippen molar-refractivity contribution in [2.45, 2.75) is 80.2 Å². The molecule has 0 rings (SSSR count). The maximum absolute atomic E-state index is 14.6. The molecule has 37 heavy (non-hydrogen) atoms. The van der Waals surface area contributed by atoms with Crippen LogP contribution < -0.4 is 0 Å². The maximum atomic E-state index is 14.6. The summed E-state index contributed by atoms with van der Waals surface area (Å²) in [4.78, 5) is 21.7. The SMILES string of the molecule is CCC(CCCC(=O)O)(C(=O)O)C(F)(F)C(F)(F)C(F)(F)C(F)(F)C(F)(F)C(F)(F)C(F)(F)C(F)(F)F. The molecule has 1 unspecified atom stereocenters. The van der Waals surface area contributed by atoms with Crippen molar-refractivity contribution in [2.75, 3.05) is 0 Å². The highest BCUT2D eigenvalue weighted by Gasteiger charge is 2.96. The normalized spacial score (nSPS) is 16.9. The van der Waals surface area contributed by atoms with Crippen LogP contribution in [0.15, 0.2) is 0 Å². The monoisotopic (exact) mass is 592 g/mol. The van der Waals surface area contributed by atoms with Crippen LogP contribution in [0.1, 0.15) is 32.6 Å². The fourth-order valence-corrected chi connectivity index (χ4v) is 2.95. The van der Waals surface area contributed by atoms with Crippen LogP contribution in [0.3, 0.4) is 0 Å². The molecule has 0 fully saturated rings. The Morgan fingerprint density at radius 3 is 1.08 bits per heavy atom. The fourth-order valence-electron chi connectivity index (χ4n) is 2.95. The Kier molecular flexibility index (Phi) is 8.92. The van der Waals surface area contributed by atoms with Crippen molar-refractivity contribution >= 4 is 11.9 Å². The predicted molar refractivity (Wildman–Crippen MR) is 82.5 cm³/mol. The molecule has 0 aromatic heterocycles. The lowest BCUT2D eigenvalue weighted by Crippen LogP contribution is -2.76. The van der Waals surface area contributed by atoms with Crippen LogP contribution in [0, 0.1) is 5.41 Å². The zero-order valence-corrected chi connectivity index (χ0v) is 17.5. The molecule has 0 aromatic rings. The van der Waals surface area contributed by atoms with Gasteiger partial charge in [-0.25, -0.2) is 0 Å². The molecular formula is C16H13F17O4. The van der Waals surface area contributed by atoms with E-state index in [4.69, 9.17) is 10.2 Å². The largest absolute Gasteiger partial charge is 0.481 e. The minimum absolute atomic E-state index is 0.210. The molecule has 0 aliphatic carbocycles. The maximum Gasteiger partial charge on any atom is 0.460 e. The highest BCUT2D eigenvalue weighted by Crippen LogP contribution is 2.66. The predicted octanol–water partition coefficient (Wildman–Crippen LogP) is 6.73. The highest BCUT2D eigenvalue weighted by molar-refractivity contribution is 5.76. The third-order valence-electron chi connectivity index (χ3n) is 5.33. The van der Waals surface area contributed by atoms with Crippen molar-refractivity contribution in [2.24, 2.45) is 5.41 Å². The van der Waals surface area contributed by atoms with Gasteiger partial charge in [-0.05, 0) is 19.3 Å². The van der Waals surface area contributed by atoms with Crippen LogP contribution in [-0.2, 0) is 9.59 Å². The Morgan fingerprint density at radius 1 is 0.541 bits per heavy atom. The number of hydrogen-bond acceptors (Lipinski definition) is 2. The molecule has 1 atom stereocenters. The molecule has 0 saturated heterocycles. The Morgan fingerprint density at radius 2 is 0.838 bits per heavy atom. The zero-order valence-electron chi connectivity index (χ0n) is 17.5. The lowest BCUT2D eigenvalue weighted by atomic mass is 9.70. The molecule has 0 bridgehead atoms. The van der Waals surface area contributed by atoms with Crippen molar-refractivity contribution in [3.63, 3.8) is 0 Å². The van der Waals surface area contributed by atoms with E-state index in [1.807, 2.05) is 0 Å². The van der Waals surface area contributed by atoms with Gasteiger partial charge in [0.25, 0.3) is 0 Å². The smallest absolute Gasteiger partial charge is 0.460 e. The number of rotatable bonds is 13. The molecule has 0 heterocycles. The molecule has 2 N–H and O–H groups in total. The van der Waals surface area contributed by atoms with Crippen molar-refractivity contribution in [3.8, 4) is 0 Å². The molecule has 4 nitrogen and oxygen atoms in total. The van der Waals surface area contributed by atoms with Gasteiger partial charge in [-0.3, -0.25) is 9.59 Å². The summed E-state index contributed by atoms with van der Waals surface area (Å²) in [6, 6.07) is 0. The summed E-state index contributed by atoms with van der Waals surface area (Å²) in [5.41, 5.74) is -4.70. The van der Waals surface area contributed by atoms with E-state index in [0.29, 0.717) is 0 Å². The van der Waals surface area contributed by atoms with Crippen molar-refractivity contribution < 1.29 is 94.4 Å². The number of carboxylic acids is 2.